The molecule has 1 aliphatic heterocycles. The van der Waals surface area contributed by atoms with Gasteiger partial charge < -0.3 is 4.90 Å². The zero-order chi connectivity index (χ0) is 11.2. The second-order valence-electron chi connectivity index (χ2n) is 5.46. The lowest BCUT2D eigenvalue weighted by Crippen LogP contribution is -2.53. The third-order valence-corrected chi connectivity index (χ3v) is 3.97. The second-order valence-corrected chi connectivity index (χ2v) is 5.46. The number of hydrogen-bond donors (Lipinski definition) is 1. The molecule has 3 heteroatoms. The topological polar surface area (TPSA) is 18.5 Å². The van der Waals surface area contributed by atoms with Crippen LogP contribution in [0.25, 0.3) is 0 Å². The van der Waals surface area contributed by atoms with E-state index in [4.69, 9.17) is 0 Å². The van der Waals surface area contributed by atoms with Crippen LogP contribution < -0.4 is 5.43 Å². The normalized spacial score (nSPS) is 27.6. The molecule has 3 nitrogen and oxygen atoms in total. The van der Waals surface area contributed by atoms with Gasteiger partial charge in [0.1, 0.15) is 0 Å². The molecule has 1 N–H and O–H groups in total. The molecule has 94 valence electrons. The average molecular weight is 225 g/mol. The lowest BCUT2D eigenvalue weighted by molar-refractivity contribution is 0.0807. The van der Waals surface area contributed by atoms with Crippen LogP contribution in [-0.2, 0) is 0 Å². The molecule has 0 amide bonds. The number of likely N-dealkylation sites (N-methyl/N-ethyl adjacent to an activating group) is 1. The van der Waals surface area contributed by atoms with Gasteiger partial charge in [0, 0.05) is 32.2 Å². The molecule has 2 aliphatic rings. The molecule has 0 atom stereocenters. The Morgan fingerprint density at radius 1 is 0.812 bits per heavy atom. The Morgan fingerprint density at radius 2 is 1.38 bits per heavy atom. The van der Waals surface area contributed by atoms with Gasteiger partial charge in [-0.3, -0.25) is 5.43 Å². The molecule has 1 saturated heterocycles. The standard InChI is InChI=1S/C13H27N3/c1-15-9-11-16(12-10-15)14-13-7-5-3-2-4-6-8-13/h13-14H,2-12H2,1H3. The molecule has 2 fully saturated rings. The van der Waals surface area contributed by atoms with Gasteiger partial charge in [-0.1, -0.05) is 32.1 Å². The first-order valence-electron chi connectivity index (χ1n) is 7.04. The highest BCUT2D eigenvalue weighted by atomic mass is 15.5. The van der Waals surface area contributed by atoms with Gasteiger partial charge in [-0.15, -0.1) is 0 Å². The summed E-state index contributed by atoms with van der Waals surface area (Å²) in [5.74, 6) is 0. The molecular formula is C13H27N3. The molecule has 0 aromatic rings. The van der Waals surface area contributed by atoms with E-state index in [1.165, 1.54) is 71.1 Å². The van der Waals surface area contributed by atoms with Crippen molar-refractivity contribution in [2.24, 2.45) is 0 Å². The van der Waals surface area contributed by atoms with Crippen LogP contribution in [0.15, 0.2) is 0 Å². The summed E-state index contributed by atoms with van der Waals surface area (Å²) in [6, 6.07) is 0.753. The molecule has 0 aromatic carbocycles. The van der Waals surface area contributed by atoms with Crippen LogP contribution in [0.3, 0.4) is 0 Å². The molecule has 16 heavy (non-hydrogen) atoms. The predicted octanol–water partition coefficient (Wildman–Crippen LogP) is 1.85. The Labute approximate surface area is 100 Å². The highest BCUT2D eigenvalue weighted by Gasteiger charge is 2.18. The maximum atomic E-state index is 3.75. The molecule has 0 spiro atoms. The predicted molar refractivity (Wildman–Crippen MR) is 68.3 cm³/mol. The molecule has 0 unspecified atom stereocenters. The Morgan fingerprint density at radius 3 is 2.00 bits per heavy atom. The quantitative estimate of drug-likeness (QED) is 0.774. The molecule has 2 rings (SSSR count). The third-order valence-electron chi connectivity index (χ3n) is 3.97. The molecule has 1 heterocycles. The van der Waals surface area contributed by atoms with Crippen LogP contribution >= 0.6 is 0 Å². The summed E-state index contributed by atoms with van der Waals surface area (Å²) in [5, 5.41) is 2.45. The van der Waals surface area contributed by atoms with Gasteiger partial charge in [-0.05, 0) is 19.9 Å². The van der Waals surface area contributed by atoms with Gasteiger partial charge in [-0.2, -0.15) is 0 Å². The van der Waals surface area contributed by atoms with Gasteiger partial charge in [0.2, 0.25) is 0 Å². The lowest BCUT2D eigenvalue weighted by atomic mass is 9.97. The summed E-state index contributed by atoms with van der Waals surface area (Å²) >= 11 is 0. The van der Waals surface area contributed by atoms with Crippen molar-refractivity contribution in [3.8, 4) is 0 Å². The zero-order valence-electron chi connectivity index (χ0n) is 10.7. The van der Waals surface area contributed by atoms with Gasteiger partial charge in [0.15, 0.2) is 0 Å². The number of hydrogen-bond acceptors (Lipinski definition) is 3. The Hall–Kier alpha value is -0.120. The molecule has 0 aromatic heterocycles. The van der Waals surface area contributed by atoms with E-state index < -0.39 is 0 Å². The van der Waals surface area contributed by atoms with Crippen LogP contribution in [0.4, 0.5) is 0 Å². The third kappa shape index (κ3) is 4.04. The summed E-state index contributed by atoms with van der Waals surface area (Å²) < 4.78 is 0. The minimum atomic E-state index is 0.753. The summed E-state index contributed by atoms with van der Waals surface area (Å²) in [7, 11) is 2.22. The first kappa shape index (κ1) is 12.3. The van der Waals surface area contributed by atoms with Gasteiger partial charge in [0.05, 0.1) is 0 Å². The Bertz CT molecular complexity index is 180. The van der Waals surface area contributed by atoms with E-state index in [0.29, 0.717) is 0 Å². The highest BCUT2D eigenvalue weighted by Crippen LogP contribution is 2.17. The molecule has 0 bridgehead atoms. The minimum Gasteiger partial charge on any atom is -0.304 e. The van der Waals surface area contributed by atoms with E-state index >= 15 is 0 Å². The Kier molecular flexibility index (Phi) is 5.07. The van der Waals surface area contributed by atoms with Crippen LogP contribution in [0.5, 0.6) is 0 Å². The van der Waals surface area contributed by atoms with Gasteiger partial charge >= 0.3 is 0 Å². The van der Waals surface area contributed by atoms with E-state index in [0.717, 1.165) is 6.04 Å². The molecular weight excluding hydrogens is 198 g/mol. The van der Waals surface area contributed by atoms with Crippen molar-refractivity contribution >= 4 is 0 Å². The smallest absolute Gasteiger partial charge is 0.0259 e. The van der Waals surface area contributed by atoms with Crippen LogP contribution in [0, 0.1) is 0 Å². The fraction of sp³-hybridized carbons (Fsp3) is 1.00. The van der Waals surface area contributed by atoms with Gasteiger partial charge in [0.25, 0.3) is 0 Å². The Balaban J connectivity index is 1.70. The summed E-state index contributed by atoms with van der Waals surface area (Å²) in [5.41, 5.74) is 3.75. The van der Waals surface area contributed by atoms with Crippen molar-refractivity contribution in [3.05, 3.63) is 0 Å². The number of nitrogens with one attached hydrogen (secondary N) is 1. The van der Waals surface area contributed by atoms with Crippen molar-refractivity contribution in [2.75, 3.05) is 33.2 Å². The number of nitrogens with zero attached hydrogens (tertiary/aromatic N) is 2. The summed E-state index contributed by atoms with van der Waals surface area (Å²) in [4.78, 5) is 2.41. The van der Waals surface area contributed by atoms with Crippen molar-refractivity contribution < 1.29 is 0 Å². The largest absolute Gasteiger partial charge is 0.304 e. The molecule has 1 saturated carbocycles. The number of piperazine rings is 1. The van der Waals surface area contributed by atoms with Crippen molar-refractivity contribution in [3.63, 3.8) is 0 Å². The SMILES string of the molecule is CN1CCN(NC2CCCCCCC2)CC1. The first-order chi connectivity index (χ1) is 7.84. The van der Waals surface area contributed by atoms with Crippen LogP contribution in [-0.4, -0.2) is 49.2 Å². The molecule has 0 radical (unpaired) electrons. The van der Waals surface area contributed by atoms with Gasteiger partial charge in [-0.25, -0.2) is 5.01 Å². The summed E-state index contributed by atoms with van der Waals surface area (Å²) in [6.45, 7) is 4.79. The van der Waals surface area contributed by atoms with E-state index in [1.807, 2.05) is 0 Å². The minimum absolute atomic E-state index is 0.753. The van der Waals surface area contributed by atoms with Crippen molar-refractivity contribution in [1.29, 1.82) is 0 Å². The lowest BCUT2D eigenvalue weighted by Gasteiger charge is -2.36. The van der Waals surface area contributed by atoms with E-state index in [2.05, 4.69) is 22.4 Å². The maximum Gasteiger partial charge on any atom is 0.0259 e. The number of rotatable bonds is 2. The maximum absolute atomic E-state index is 3.75. The fourth-order valence-electron chi connectivity index (χ4n) is 2.78. The summed E-state index contributed by atoms with van der Waals surface area (Å²) in [6.07, 6.45) is 9.96. The zero-order valence-corrected chi connectivity index (χ0v) is 10.7. The van der Waals surface area contributed by atoms with Crippen LogP contribution in [0.2, 0.25) is 0 Å². The molecule has 1 aliphatic carbocycles. The van der Waals surface area contributed by atoms with Crippen LogP contribution in [0.1, 0.15) is 44.9 Å². The fourth-order valence-corrected chi connectivity index (χ4v) is 2.78. The highest BCUT2D eigenvalue weighted by molar-refractivity contribution is 4.72. The number of hydrazine groups is 1. The first-order valence-corrected chi connectivity index (χ1v) is 7.04. The van der Waals surface area contributed by atoms with E-state index in [9.17, 15) is 0 Å². The average Bonchev–Trinajstić information content (AvgIpc) is 2.25. The van der Waals surface area contributed by atoms with E-state index in [1.54, 1.807) is 0 Å². The monoisotopic (exact) mass is 225 g/mol. The van der Waals surface area contributed by atoms with Crippen molar-refractivity contribution in [2.45, 2.75) is 51.0 Å². The van der Waals surface area contributed by atoms with Crippen molar-refractivity contribution in [1.82, 2.24) is 15.3 Å². The second kappa shape index (κ2) is 6.58. The van der Waals surface area contributed by atoms with E-state index in [-0.39, 0.29) is 0 Å².